The largest absolute Gasteiger partial charge is 0.497 e. The number of para-hydroxylation sites is 1. The molecular weight excluding hydrogens is 160 g/mol. The lowest BCUT2D eigenvalue weighted by atomic mass is 10.3. The van der Waals surface area contributed by atoms with E-state index in [1.165, 1.54) is 0 Å². The van der Waals surface area contributed by atoms with Gasteiger partial charge < -0.3 is 4.74 Å². The summed E-state index contributed by atoms with van der Waals surface area (Å²) in [5.74, 6) is 0.910. The van der Waals surface area contributed by atoms with E-state index in [1.807, 2.05) is 51.1 Å². The van der Waals surface area contributed by atoms with E-state index in [9.17, 15) is 0 Å². The van der Waals surface area contributed by atoms with E-state index in [2.05, 4.69) is 6.58 Å². The smallest absolute Gasteiger partial charge is 0.118 e. The van der Waals surface area contributed by atoms with Crippen molar-refractivity contribution in [1.82, 2.24) is 0 Å². The van der Waals surface area contributed by atoms with E-state index in [0.29, 0.717) is 0 Å². The number of benzene rings is 1. The molecule has 0 saturated heterocycles. The van der Waals surface area contributed by atoms with Crippen LogP contribution in [-0.2, 0) is 0 Å². The molecule has 0 aliphatic carbocycles. The van der Waals surface area contributed by atoms with Crippen molar-refractivity contribution in [3.63, 3.8) is 0 Å². The molecule has 0 aromatic heterocycles. The summed E-state index contributed by atoms with van der Waals surface area (Å²) in [6.07, 6.45) is 1.75. The molecule has 1 nitrogen and oxygen atoms in total. The maximum absolute atomic E-state index is 4.91. The zero-order valence-electron chi connectivity index (χ0n) is 9.08. The van der Waals surface area contributed by atoms with Crippen molar-refractivity contribution < 1.29 is 4.74 Å². The van der Waals surface area contributed by atoms with Gasteiger partial charge in [0.25, 0.3) is 0 Å². The molecule has 0 N–H and O–H groups in total. The first-order valence-electron chi connectivity index (χ1n) is 4.51. The van der Waals surface area contributed by atoms with Gasteiger partial charge in [-0.15, -0.1) is 6.58 Å². The Balaban J connectivity index is 0. The fourth-order valence-corrected chi connectivity index (χ4v) is 0.557. The lowest BCUT2D eigenvalue weighted by molar-refractivity contribution is 0.415. The quantitative estimate of drug-likeness (QED) is 0.595. The highest BCUT2D eigenvalue weighted by atomic mass is 16.5. The molecule has 13 heavy (non-hydrogen) atoms. The van der Waals surface area contributed by atoms with Gasteiger partial charge in [-0.3, -0.25) is 0 Å². The minimum atomic E-state index is 0.910. The third kappa shape index (κ3) is 10.8. The summed E-state index contributed by atoms with van der Waals surface area (Å²) < 4.78 is 4.91. The van der Waals surface area contributed by atoms with Gasteiger partial charge in [-0.25, -0.2) is 0 Å². The molecule has 0 radical (unpaired) electrons. The van der Waals surface area contributed by atoms with Crippen molar-refractivity contribution in [3.8, 4) is 5.75 Å². The summed E-state index contributed by atoms with van der Waals surface area (Å²) in [6.45, 7) is 9.25. The topological polar surface area (TPSA) is 9.23 Å². The molecule has 0 unspecified atom stereocenters. The Labute approximate surface area is 82.1 Å². The minimum absolute atomic E-state index is 0.910. The van der Waals surface area contributed by atoms with Crippen LogP contribution >= 0.6 is 0 Å². The maximum atomic E-state index is 4.91. The first-order valence-corrected chi connectivity index (χ1v) is 4.51. The highest BCUT2D eigenvalue weighted by Crippen LogP contribution is 2.05. The molecule has 0 saturated carbocycles. The highest BCUT2D eigenvalue weighted by Gasteiger charge is 1.80. The lowest BCUT2D eigenvalue weighted by Crippen LogP contribution is -1.78. The van der Waals surface area contributed by atoms with Crippen LogP contribution in [0.4, 0.5) is 0 Å². The van der Waals surface area contributed by atoms with Gasteiger partial charge in [0.15, 0.2) is 0 Å². The van der Waals surface area contributed by atoms with Gasteiger partial charge in [-0.2, -0.15) is 0 Å². The number of rotatable bonds is 1. The molecule has 0 fully saturated rings. The molecule has 0 spiro atoms. The minimum Gasteiger partial charge on any atom is -0.497 e. The van der Waals surface area contributed by atoms with Crippen molar-refractivity contribution in [2.75, 3.05) is 7.11 Å². The number of allylic oxidation sites excluding steroid dienone is 1. The predicted octanol–water partition coefficient (Wildman–Crippen LogP) is 3.91. The number of ether oxygens (including phenoxy) is 1. The average molecular weight is 180 g/mol. The van der Waals surface area contributed by atoms with Crippen LogP contribution < -0.4 is 4.74 Å². The van der Waals surface area contributed by atoms with E-state index in [0.717, 1.165) is 5.75 Å². The third-order valence-corrected chi connectivity index (χ3v) is 0.979. The van der Waals surface area contributed by atoms with Crippen LogP contribution in [0.15, 0.2) is 43.0 Å². The van der Waals surface area contributed by atoms with Crippen LogP contribution in [0.5, 0.6) is 5.75 Å². The Morgan fingerprint density at radius 3 is 1.77 bits per heavy atom. The number of methoxy groups -OCH3 is 1. The second kappa shape index (κ2) is 13.4. The molecule has 1 rings (SSSR count). The molecule has 0 aliphatic rings. The van der Waals surface area contributed by atoms with E-state index in [1.54, 1.807) is 13.2 Å². The zero-order valence-corrected chi connectivity index (χ0v) is 9.08. The molecule has 1 heteroatoms. The Hall–Kier alpha value is -1.24. The first kappa shape index (κ1) is 14.3. The van der Waals surface area contributed by atoms with Crippen molar-refractivity contribution >= 4 is 0 Å². The second-order valence-electron chi connectivity index (χ2n) is 1.93. The Morgan fingerprint density at radius 2 is 1.54 bits per heavy atom. The standard InChI is InChI=1S/C7H8O.C3H6.C2H6/c1-8-7-5-3-2-4-6-7;1-3-2;1-2/h2-6H,1H3;3H,1H2,2H3;1-2H3. The van der Waals surface area contributed by atoms with Crippen molar-refractivity contribution in [2.45, 2.75) is 20.8 Å². The van der Waals surface area contributed by atoms with Crippen LogP contribution in [0.3, 0.4) is 0 Å². The maximum Gasteiger partial charge on any atom is 0.118 e. The molecule has 1 aromatic carbocycles. The number of hydrogen-bond acceptors (Lipinski definition) is 1. The Kier molecular flexibility index (Phi) is 14.7. The molecule has 0 aliphatic heterocycles. The van der Waals surface area contributed by atoms with Crippen LogP contribution in [0.1, 0.15) is 20.8 Å². The number of hydrogen-bond donors (Lipinski definition) is 0. The van der Waals surface area contributed by atoms with E-state index < -0.39 is 0 Å². The van der Waals surface area contributed by atoms with Crippen molar-refractivity contribution in [3.05, 3.63) is 43.0 Å². The fourth-order valence-electron chi connectivity index (χ4n) is 0.557. The zero-order chi connectivity index (χ0) is 10.5. The van der Waals surface area contributed by atoms with Gasteiger partial charge in [-0.1, -0.05) is 38.1 Å². The monoisotopic (exact) mass is 180 g/mol. The molecule has 74 valence electrons. The van der Waals surface area contributed by atoms with E-state index in [4.69, 9.17) is 4.74 Å². The fraction of sp³-hybridized carbons (Fsp3) is 0.333. The predicted molar refractivity (Wildman–Crippen MR) is 60.2 cm³/mol. The summed E-state index contributed by atoms with van der Waals surface area (Å²) in [5.41, 5.74) is 0. The van der Waals surface area contributed by atoms with Crippen molar-refractivity contribution in [2.24, 2.45) is 0 Å². The molecule has 0 heterocycles. The van der Waals surface area contributed by atoms with Gasteiger partial charge in [0.2, 0.25) is 0 Å². The average Bonchev–Trinajstić information content (AvgIpc) is 2.23. The normalized spacial score (nSPS) is 6.77. The second-order valence-corrected chi connectivity index (χ2v) is 1.93. The van der Waals surface area contributed by atoms with Gasteiger partial charge in [0.1, 0.15) is 5.75 Å². The molecule has 0 bridgehead atoms. The molecule has 0 amide bonds. The molecular formula is C12H20O. The molecule has 0 atom stereocenters. The summed E-state index contributed by atoms with van der Waals surface area (Å²) in [4.78, 5) is 0. The van der Waals surface area contributed by atoms with Crippen LogP contribution in [0.2, 0.25) is 0 Å². The van der Waals surface area contributed by atoms with E-state index >= 15 is 0 Å². The van der Waals surface area contributed by atoms with Gasteiger partial charge in [0.05, 0.1) is 7.11 Å². The SMILES string of the molecule is C=CC.CC.COc1ccccc1. The molecule has 1 aromatic rings. The first-order chi connectivity index (χ1) is 6.35. The van der Waals surface area contributed by atoms with Gasteiger partial charge >= 0.3 is 0 Å². The Morgan fingerprint density at radius 1 is 1.15 bits per heavy atom. The van der Waals surface area contributed by atoms with Crippen LogP contribution in [0, 0.1) is 0 Å². The van der Waals surface area contributed by atoms with Gasteiger partial charge in [0, 0.05) is 0 Å². The summed E-state index contributed by atoms with van der Waals surface area (Å²) in [7, 11) is 1.66. The summed E-state index contributed by atoms with van der Waals surface area (Å²) >= 11 is 0. The van der Waals surface area contributed by atoms with Gasteiger partial charge in [-0.05, 0) is 19.1 Å². The van der Waals surface area contributed by atoms with E-state index in [-0.39, 0.29) is 0 Å². The van der Waals surface area contributed by atoms with Crippen LogP contribution in [0.25, 0.3) is 0 Å². The van der Waals surface area contributed by atoms with Crippen molar-refractivity contribution in [1.29, 1.82) is 0 Å². The third-order valence-electron chi connectivity index (χ3n) is 0.979. The lowest BCUT2D eigenvalue weighted by Gasteiger charge is -1.93. The summed E-state index contributed by atoms with van der Waals surface area (Å²) in [5, 5.41) is 0. The van der Waals surface area contributed by atoms with Crippen LogP contribution in [-0.4, -0.2) is 7.11 Å². The highest BCUT2D eigenvalue weighted by molar-refractivity contribution is 5.20. The Bertz CT molecular complexity index is 180. The summed E-state index contributed by atoms with van der Waals surface area (Å²) in [6, 6.07) is 9.68.